The fourth-order valence-corrected chi connectivity index (χ4v) is 2.72. The molecule has 15 heavy (non-hydrogen) atoms. The number of esters is 1. The fraction of sp³-hybridized carbons (Fsp3) is 0.909. The van der Waals surface area contributed by atoms with Gasteiger partial charge < -0.3 is 14.6 Å². The molecule has 0 aromatic carbocycles. The Kier molecular flexibility index (Phi) is 3.26. The maximum Gasteiger partial charge on any atom is 0.308 e. The molecule has 0 bridgehead atoms. The van der Waals surface area contributed by atoms with Crippen LogP contribution in [0.5, 0.6) is 0 Å². The average Bonchev–Trinajstić information content (AvgIpc) is 2.28. The zero-order valence-electron chi connectivity index (χ0n) is 9.02. The molecule has 0 radical (unpaired) electrons. The minimum Gasteiger partial charge on any atom is -0.469 e. The van der Waals surface area contributed by atoms with Gasteiger partial charge in [0.25, 0.3) is 0 Å². The molecule has 1 heterocycles. The predicted octanol–water partition coefficient (Wildman–Crippen LogP) is 0.725. The smallest absolute Gasteiger partial charge is 0.308 e. The lowest BCUT2D eigenvalue weighted by atomic mass is 9.75. The van der Waals surface area contributed by atoms with Crippen molar-refractivity contribution >= 4 is 5.97 Å². The standard InChI is InChI=1S/C11H18O4/c1-14-11(13)7-2-3-10-8(6-7)9(12)4-5-15-10/h7-10,12H,2-6H2,1H3. The van der Waals surface area contributed by atoms with E-state index in [1.807, 2.05) is 0 Å². The van der Waals surface area contributed by atoms with E-state index in [9.17, 15) is 9.90 Å². The minimum atomic E-state index is -0.309. The summed E-state index contributed by atoms with van der Waals surface area (Å²) in [5.41, 5.74) is 0. The van der Waals surface area contributed by atoms with Gasteiger partial charge in [-0.2, -0.15) is 0 Å². The minimum absolute atomic E-state index is 0.0485. The van der Waals surface area contributed by atoms with E-state index in [-0.39, 0.29) is 30.0 Å². The third-order valence-corrected chi connectivity index (χ3v) is 3.61. The summed E-state index contributed by atoms with van der Waals surface area (Å²) in [5.74, 6) is -0.0737. The Morgan fingerprint density at radius 1 is 1.40 bits per heavy atom. The van der Waals surface area contributed by atoms with E-state index in [1.165, 1.54) is 7.11 Å². The third kappa shape index (κ3) is 2.16. The van der Waals surface area contributed by atoms with E-state index < -0.39 is 0 Å². The number of hydrogen-bond acceptors (Lipinski definition) is 4. The summed E-state index contributed by atoms with van der Waals surface area (Å²) < 4.78 is 10.3. The van der Waals surface area contributed by atoms with Crippen molar-refractivity contribution in [2.24, 2.45) is 11.8 Å². The molecule has 1 aliphatic carbocycles. The molecule has 0 spiro atoms. The maximum absolute atomic E-state index is 11.4. The SMILES string of the molecule is COC(=O)C1CCC2OCCC(O)C2C1. The summed E-state index contributed by atoms with van der Waals surface area (Å²) in [4.78, 5) is 11.4. The summed E-state index contributed by atoms with van der Waals surface area (Å²) in [7, 11) is 1.42. The van der Waals surface area contributed by atoms with Crippen LogP contribution in [0.15, 0.2) is 0 Å². The average molecular weight is 214 g/mol. The highest BCUT2D eigenvalue weighted by Crippen LogP contribution is 2.37. The zero-order chi connectivity index (χ0) is 10.8. The first kappa shape index (κ1) is 10.9. The summed E-state index contributed by atoms with van der Waals surface area (Å²) in [5, 5.41) is 9.84. The Hall–Kier alpha value is -0.610. The summed E-state index contributed by atoms with van der Waals surface area (Å²) in [6.07, 6.45) is 2.92. The molecule has 1 saturated heterocycles. The van der Waals surface area contributed by atoms with Gasteiger partial charge in [0.15, 0.2) is 0 Å². The third-order valence-electron chi connectivity index (χ3n) is 3.61. The van der Waals surface area contributed by atoms with Crippen molar-refractivity contribution in [2.75, 3.05) is 13.7 Å². The van der Waals surface area contributed by atoms with Gasteiger partial charge in [-0.05, 0) is 25.7 Å². The number of carbonyl (C=O) groups is 1. The molecule has 2 aliphatic rings. The van der Waals surface area contributed by atoms with Crippen molar-refractivity contribution in [3.8, 4) is 0 Å². The van der Waals surface area contributed by atoms with Crippen LogP contribution in [0.2, 0.25) is 0 Å². The van der Waals surface area contributed by atoms with Crippen molar-refractivity contribution in [3.05, 3.63) is 0 Å². The van der Waals surface area contributed by atoms with Gasteiger partial charge in [0.05, 0.1) is 25.2 Å². The zero-order valence-corrected chi connectivity index (χ0v) is 9.02. The quantitative estimate of drug-likeness (QED) is 0.654. The van der Waals surface area contributed by atoms with Crippen molar-refractivity contribution < 1.29 is 19.4 Å². The molecule has 4 heteroatoms. The van der Waals surface area contributed by atoms with Crippen LogP contribution in [0.4, 0.5) is 0 Å². The molecule has 0 aromatic rings. The molecular weight excluding hydrogens is 196 g/mol. The van der Waals surface area contributed by atoms with Gasteiger partial charge in [-0.1, -0.05) is 0 Å². The predicted molar refractivity (Wildman–Crippen MR) is 53.2 cm³/mol. The highest BCUT2D eigenvalue weighted by Gasteiger charge is 2.40. The van der Waals surface area contributed by atoms with E-state index >= 15 is 0 Å². The molecular formula is C11H18O4. The van der Waals surface area contributed by atoms with Gasteiger partial charge in [-0.25, -0.2) is 0 Å². The number of hydrogen-bond donors (Lipinski definition) is 1. The largest absolute Gasteiger partial charge is 0.469 e. The van der Waals surface area contributed by atoms with Crippen molar-refractivity contribution in [1.82, 2.24) is 0 Å². The first-order chi connectivity index (χ1) is 7.22. The molecule has 4 atom stereocenters. The van der Waals surface area contributed by atoms with Crippen LogP contribution in [-0.2, 0) is 14.3 Å². The molecule has 0 aromatic heterocycles. The van der Waals surface area contributed by atoms with Gasteiger partial charge in [0.2, 0.25) is 0 Å². The molecule has 1 N–H and O–H groups in total. The molecule has 1 aliphatic heterocycles. The highest BCUT2D eigenvalue weighted by molar-refractivity contribution is 5.72. The summed E-state index contributed by atoms with van der Waals surface area (Å²) >= 11 is 0. The van der Waals surface area contributed by atoms with Gasteiger partial charge in [-0.15, -0.1) is 0 Å². The van der Waals surface area contributed by atoms with Gasteiger partial charge in [-0.3, -0.25) is 4.79 Å². The first-order valence-corrected chi connectivity index (χ1v) is 5.60. The summed E-state index contributed by atoms with van der Waals surface area (Å²) in [6, 6.07) is 0. The number of carbonyl (C=O) groups excluding carboxylic acids is 1. The second-order valence-corrected chi connectivity index (χ2v) is 4.46. The van der Waals surface area contributed by atoms with Crippen LogP contribution in [-0.4, -0.2) is 37.0 Å². The van der Waals surface area contributed by atoms with Crippen molar-refractivity contribution in [3.63, 3.8) is 0 Å². The number of methoxy groups -OCH3 is 1. The molecule has 1 saturated carbocycles. The Balaban J connectivity index is 1.99. The molecule has 4 nitrogen and oxygen atoms in total. The number of aliphatic hydroxyl groups is 1. The van der Waals surface area contributed by atoms with Crippen LogP contribution in [0.25, 0.3) is 0 Å². The van der Waals surface area contributed by atoms with Crippen LogP contribution in [0.3, 0.4) is 0 Å². The maximum atomic E-state index is 11.4. The van der Waals surface area contributed by atoms with E-state index in [2.05, 4.69) is 0 Å². The van der Waals surface area contributed by atoms with Crippen molar-refractivity contribution in [1.29, 1.82) is 0 Å². The normalized spacial score (nSPS) is 40.7. The molecule has 86 valence electrons. The molecule has 2 rings (SSSR count). The number of ether oxygens (including phenoxy) is 2. The van der Waals surface area contributed by atoms with Crippen LogP contribution >= 0.6 is 0 Å². The van der Waals surface area contributed by atoms with Crippen LogP contribution in [0, 0.1) is 11.8 Å². The number of rotatable bonds is 1. The van der Waals surface area contributed by atoms with E-state index in [0.29, 0.717) is 19.4 Å². The lowest BCUT2D eigenvalue weighted by Crippen LogP contribution is -2.45. The Morgan fingerprint density at radius 3 is 2.93 bits per heavy atom. The Bertz CT molecular complexity index is 241. The van der Waals surface area contributed by atoms with Crippen LogP contribution in [0.1, 0.15) is 25.7 Å². The monoisotopic (exact) mass is 214 g/mol. The molecule has 4 unspecified atom stereocenters. The number of aliphatic hydroxyl groups excluding tert-OH is 1. The highest BCUT2D eigenvalue weighted by atomic mass is 16.5. The van der Waals surface area contributed by atoms with Gasteiger partial charge in [0, 0.05) is 12.5 Å². The van der Waals surface area contributed by atoms with Crippen molar-refractivity contribution in [2.45, 2.75) is 37.9 Å². The lowest BCUT2D eigenvalue weighted by Gasteiger charge is -2.40. The fourth-order valence-electron chi connectivity index (χ4n) is 2.72. The Morgan fingerprint density at radius 2 is 2.20 bits per heavy atom. The van der Waals surface area contributed by atoms with Gasteiger partial charge in [0.1, 0.15) is 0 Å². The second kappa shape index (κ2) is 4.49. The lowest BCUT2D eigenvalue weighted by molar-refractivity contribution is -0.155. The van der Waals surface area contributed by atoms with Crippen LogP contribution < -0.4 is 0 Å². The first-order valence-electron chi connectivity index (χ1n) is 5.60. The van der Waals surface area contributed by atoms with E-state index in [0.717, 1.165) is 12.8 Å². The van der Waals surface area contributed by atoms with Gasteiger partial charge >= 0.3 is 5.97 Å². The Labute approximate surface area is 89.6 Å². The number of fused-ring (bicyclic) bond motifs is 1. The van der Waals surface area contributed by atoms with E-state index in [4.69, 9.17) is 9.47 Å². The molecule has 2 fully saturated rings. The topological polar surface area (TPSA) is 55.8 Å². The summed E-state index contributed by atoms with van der Waals surface area (Å²) in [6.45, 7) is 0.644. The molecule has 0 amide bonds. The second-order valence-electron chi connectivity index (χ2n) is 4.46. The van der Waals surface area contributed by atoms with E-state index in [1.54, 1.807) is 0 Å².